The molecule has 0 rings (SSSR count). The molecule has 0 unspecified atom stereocenters. The van der Waals surface area contributed by atoms with Gasteiger partial charge in [0.25, 0.3) is 0 Å². The van der Waals surface area contributed by atoms with Gasteiger partial charge in [-0.3, -0.25) is 14.7 Å². The summed E-state index contributed by atoms with van der Waals surface area (Å²) in [4.78, 5) is 6.58. The van der Waals surface area contributed by atoms with Crippen LogP contribution in [0.1, 0.15) is 20.8 Å². The third-order valence-corrected chi connectivity index (χ3v) is 9.11. The van der Waals surface area contributed by atoms with Crippen molar-refractivity contribution in [3.63, 3.8) is 0 Å². The van der Waals surface area contributed by atoms with Gasteiger partial charge in [-0.25, -0.2) is 0 Å². The van der Waals surface area contributed by atoms with Gasteiger partial charge in [0, 0.05) is 0 Å². The summed E-state index contributed by atoms with van der Waals surface area (Å²) in [7, 11) is 11.2. The molecule has 0 amide bonds. The molecule has 0 aliphatic rings. The monoisotopic (exact) mass is 283 g/mol. The minimum atomic E-state index is -1.41. The highest BCUT2D eigenvalue weighted by molar-refractivity contribution is 6.87. The predicted octanol–water partition coefficient (Wildman–Crippen LogP) is 2.38. The first-order valence-corrected chi connectivity index (χ1v) is 9.91. The zero-order chi connectivity index (χ0) is 15.3. The summed E-state index contributed by atoms with van der Waals surface area (Å²) in [6, 6.07) is 3.74. The Kier molecular flexibility index (Phi) is 7.31. The molecule has 0 fully saturated rings. The summed E-state index contributed by atoms with van der Waals surface area (Å²) >= 11 is 0. The van der Waals surface area contributed by atoms with E-state index in [-0.39, 0.29) is 5.79 Å². The molecule has 0 spiro atoms. The Morgan fingerprint density at radius 2 is 1.05 bits per heavy atom. The Balaban J connectivity index is 5.71. The molecular formula is C15H33N3Si. The number of hydrogen-bond donors (Lipinski definition) is 0. The maximum absolute atomic E-state index is 3.73. The maximum Gasteiger partial charge on any atom is 0.194 e. The van der Waals surface area contributed by atoms with Gasteiger partial charge >= 0.3 is 0 Å². The minimum Gasteiger partial charge on any atom is -0.268 e. The molecule has 19 heavy (non-hydrogen) atoms. The van der Waals surface area contributed by atoms with Crippen LogP contribution in [0.3, 0.4) is 0 Å². The van der Waals surface area contributed by atoms with E-state index in [0.717, 1.165) is 0 Å². The minimum absolute atomic E-state index is 0.322. The van der Waals surface area contributed by atoms with Crippen LogP contribution < -0.4 is 0 Å². The van der Waals surface area contributed by atoms with Crippen molar-refractivity contribution in [2.75, 3.05) is 42.3 Å². The summed E-state index contributed by atoms with van der Waals surface area (Å²) < 4.78 is 0. The molecule has 0 aliphatic carbocycles. The van der Waals surface area contributed by atoms with Crippen molar-refractivity contribution in [1.82, 2.24) is 14.7 Å². The van der Waals surface area contributed by atoms with Crippen LogP contribution in [0.5, 0.6) is 0 Å². The van der Waals surface area contributed by atoms with Crippen molar-refractivity contribution in [1.29, 1.82) is 0 Å². The topological polar surface area (TPSA) is 9.72 Å². The fourth-order valence-electron chi connectivity index (χ4n) is 2.77. The molecule has 0 aromatic carbocycles. The van der Waals surface area contributed by atoms with Crippen LogP contribution in [0, 0.1) is 11.5 Å². The van der Waals surface area contributed by atoms with Crippen LogP contribution in [0.2, 0.25) is 18.1 Å². The van der Waals surface area contributed by atoms with Gasteiger partial charge < -0.3 is 0 Å². The predicted molar refractivity (Wildman–Crippen MR) is 88.8 cm³/mol. The van der Waals surface area contributed by atoms with E-state index in [1.165, 1.54) is 18.1 Å². The lowest BCUT2D eigenvalue weighted by Gasteiger charge is -2.46. The van der Waals surface area contributed by atoms with Gasteiger partial charge in [-0.2, -0.15) is 0 Å². The highest BCUT2D eigenvalue weighted by atomic mass is 28.3. The second-order valence-electron chi connectivity index (χ2n) is 5.91. The van der Waals surface area contributed by atoms with Crippen LogP contribution in [-0.4, -0.2) is 70.8 Å². The third-order valence-electron chi connectivity index (χ3n) is 4.40. The largest absolute Gasteiger partial charge is 0.268 e. The fraction of sp³-hybridized carbons (Fsp3) is 0.867. The lowest BCUT2D eigenvalue weighted by molar-refractivity contribution is -0.0569. The van der Waals surface area contributed by atoms with Gasteiger partial charge in [0.1, 0.15) is 8.07 Å². The zero-order valence-corrected chi connectivity index (χ0v) is 15.5. The van der Waals surface area contributed by atoms with Gasteiger partial charge in [-0.05, 0) is 60.4 Å². The molecule has 0 bridgehead atoms. The van der Waals surface area contributed by atoms with E-state index >= 15 is 0 Å². The fourth-order valence-corrected chi connectivity index (χ4v) is 5.23. The Labute approximate surface area is 122 Å². The number of nitrogens with zero attached hydrogens (tertiary/aromatic N) is 3. The van der Waals surface area contributed by atoms with Crippen molar-refractivity contribution < 1.29 is 0 Å². The molecule has 0 aromatic rings. The van der Waals surface area contributed by atoms with E-state index in [9.17, 15) is 0 Å². The molecule has 4 heteroatoms. The normalized spacial score (nSPS) is 13.1. The highest BCUT2D eigenvalue weighted by Gasteiger charge is 2.37. The third kappa shape index (κ3) is 3.82. The summed E-state index contributed by atoms with van der Waals surface area (Å²) in [5.41, 5.74) is 3.73. The summed E-state index contributed by atoms with van der Waals surface area (Å²) in [5.74, 6) is 3.29. The molecule has 3 nitrogen and oxygen atoms in total. The smallest absolute Gasteiger partial charge is 0.194 e. The Bertz CT molecular complexity index is 292. The molecule has 0 radical (unpaired) electrons. The molecule has 0 heterocycles. The number of rotatable bonds is 6. The van der Waals surface area contributed by atoms with Crippen molar-refractivity contribution in [2.24, 2.45) is 0 Å². The first kappa shape index (κ1) is 18.7. The van der Waals surface area contributed by atoms with E-state index in [0.29, 0.717) is 0 Å². The van der Waals surface area contributed by atoms with Gasteiger partial charge in [0.2, 0.25) is 0 Å². The van der Waals surface area contributed by atoms with Crippen LogP contribution in [0.25, 0.3) is 0 Å². The van der Waals surface area contributed by atoms with Gasteiger partial charge in [-0.15, -0.1) is 5.54 Å². The molecule has 0 atom stereocenters. The first-order valence-electron chi connectivity index (χ1n) is 7.29. The Morgan fingerprint density at radius 1 is 0.737 bits per heavy atom. The van der Waals surface area contributed by atoms with E-state index in [1.54, 1.807) is 0 Å². The zero-order valence-electron chi connectivity index (χ0n) is 14.5. The van der Waals surface area contributed by atoms with E-state index in [4.69, 9.17) is 0 Å². The van der Waals surface area contributed by atoms with Gasteiger partial charge in [0.15, 0.2) is 5.79 Å². The van der Waals surface area contributed by atoms with E-state index in [1.807, 2.05) is 0 Å². The van der Waals surface area contributed by atoms with Crippen molar-refractivity contribution >= 4 is 8.07 Å². The van der Waals surface area contributed by atoms with Crippen LogP contribution in [0.4, 0.5) is 0 Å². The molecule has 0 saturated carbocycles. The second-order valence-corrected chi connectivity index (χ2v) is 10.8. The molecule has 112 valence electrons. The average Bonchev–Trinajstić information content (AvgIpc) is 2.34. The lowest BCUT2D eigenvalue weighted by Crippen LogP contribution is -2.63. The SMILES string of the molecule is CC[Si](C#CC(N(C)C)(N(C)C)N(C)C)(CC)CC. The van der Waals surface area contributed by atoms with Gasteiger partial charge in [-0.1, -0.05) is 26.7 Å². The van der Waals surface area contributed by atoms with Crippen molar-refractivity contribution in [3.8, 4) is 11.5 Å². The molecule has 0 saturated heterocycles. The van der Waals surface area contributed by atoms with E-state index in [2.05, 4.69) is 89.2 Å². The lowest BCUT2D eigenvalue weighted by atomic mass is 10.2. The summed E-state index contributed by atoms with van der Waals surface area (Å²) in [6.45, 7) is 6.91. The van der Waals surface area contributed by atoms with E-state index < -0.39 is 8.07 Å². The molecular weight excluding hydrogens is 250 g/mol. The molecule has 0 aromatic heterocycles. The first-order chi connectivity index (χ1) is 8.72. The van der Waals surface area contributed by atoms with Crippen molar-refractivity contribution in [2.45, 2.75) is 44.7 Å². The van der Waals surface area contributed by atoms with Crippen LogP contribution in [0.15, 0.2) is 0 Å². The standard InChI is InChI=1S/C15H33N3Si/c1-10-19(11-2,12-3)14-13-15(16(4)5,17(6)7)18(8)9/h10-12H2,1-9H3. The molecule has 0 N–H and O–H groups in total. The van der Waals surface area contributed by atoms with Crippen molar-refractivity contribution in [3.05, 3.63) is 0 Å². The summed E-state index contributed by atoms with van der Waals surface area (Å²) in [5, 5.41) is 0. The Morgan fingerprint density at radius 3 is 1.26 bits per heavy atom. The second kappa shape index (κ2) is 7.44. The average molecular weight is 284 g/mol. The highest BCUT2D eigenvalue weighted by Crippen LogP contribution is 2.22. The molecule has 0 aliphatic heterocycles. The van der Waals surface area contributed by atoms with Crippen LogP contribution >= 0.6 is 0 Å². The van der Waals surface area contributed by atoms with Crippen LogP contribution in [-0.2, 0) is 0 Å². The van der Waals surface area contributed by atoms with Gasteiger partial charge in [0.05, 0.1) is 0 Å². The quantitative estimate of drug-likeness (QED) is 0.421. The number of hydrogen-bond acceptors (Lipinski definition) is 3. The summed E-state index contributed by atoms with van der Waals surface area (Å²) in [6.07, 6.45) is 0. The maximum atomic E-state index is 3.73. The Hall–Kier alpha value is -0.343.